The molecule has 3 N–H and O–H groups in total. The Hall–Kier alpha value is -1.99. The number of guanidine groups is 1. The van der Waals surface area contributed by atoms with Gasteiger partial charge in [-0.2, -0.15) is 0 Å². The number of nitrogens with two attached hydrogens (primary N) is 1. The molecule has 2 heterocycles. The van der Waals surface area contributed by atoms with Crippen molar-refractivity contribution in [1.82, 2.24) is 0 Å². The number of anilines is 1. The Balaban J connectivity index is 1.33. The maximum atomic E-state index is 6.05. The average molecular weight is 347 g/mol. The van der Waals surface area contributed by atoms with Gasteiger partial charge in [-0.05, 0) is 25.0 Å². The maximum Gasteiger partial charge on any atom is 0.193 e. The van der Waals surface area contributed by atoms with Crippen LogP contribution in [0.1, 0.15) is 32.1 Å². The summed E-state index contributed by atoms with van der Waals surface area (Å²) in [7, 11) is 0. The van der Waals surface area contributed by atoms with Gasteiger partial charge in [-0.25, -0.2) is 0 Å². The molecule has 1 aromatic carbocycles. The van der Waals surface area contributed by atoms with Crippen LogP contribution in [0.25, 0.3) is 0 Å². The van der Waals surface area contributed by atoms with Gasteiger partial charge in [-0.3, -0.25) is 4.99 Å². The molecule has 25 heavy (non-hydrogen) atoms. The standard InChI is InChI=1S/C18H25N3O4/c19-17(20-11-14-12-24-18(25-14)6-1-2-7-18)21-13-4-5-15-16(10-13)23-9-3-8-22-15/h4-5,10,14H,1-3,6-9,11-12H2,(H3,19,20,21). The van der Waals surface area contributed by atoms with Crippen LogP contribution in [0.5, 0.6) is 11.5 Å². The van der Waals surface area contributed by atoms with Gasteiger partial charge in [0.25, 0.3) is 0 Å². The summed E-state index contributed by atoms with van der Waals surface area (Å²) in [5, 5.41) is 3.09. The lowest BCUT2D eigenvalue weighted by Gasteiger charge is -2.21. The molecule has 0 radical (unpaired) electrons. The van der Waals surface area contributed by atoms with Crippen LogP contribution >= 0.6 is 0 Å². The van der Waals surface area contributed by atoms with Crippen molar-refractivity contribution >= 4 is 11.6 Å². The lowest BCUT2D eigenvalue weighted by molar-refractivity contribution is -0.160. The third kappa shape index (κ3) is 3.82. The van der Waals surface area contributed by atoms with E-state index in [0.717, 1.165) is 36.4 Å². The summed E-state index contributed by atoms with van der Waals surface area (Å²) >= 11 is 0. The van der Waals surface area contributed by atoms with Crippen molar-refractivity contribution in [3.63, 3.8) is 0 Å². The number of aliphatic imine (C=N–C) groups is 1. The van der Waals surface area contributed by atoms with Crippen LogP contribution < -0.4 is 20.5 Å². The summed E-state index contributed by atoms with van der Waals surface area (Å²) < 4.78 is 23.2. The van der Waals surface area contributed by atoms with Gasteiger partial charge in [-0.1, -0.05) is 0 Å². The number of hydrogen-bond acceptors (Lipinski definition) is 5. The number of fused-ring (bicyclic) bond motifs is 1. The SMILES string of the molecule is NC(=NCC1COC2(CCCC2)O1)Nc1ccc2c(c1)OCCCO2. The first kappa shape index (κ1) is 16.5. The molecule has 4 rings (SSSR count). The molecule has 0 amide bonds. The zero-order chi connectivity index (χ0) is 17.1. The van der Waals surface area contributed by atoms with Crippen molar-refractivity contribution < 1.29 is 18.9 Å². The molecule has 7 heteroatoms. The Morgan fingerprint density at radius 3 is 2.80 bits per heavy atom. The summed E-state index contributed by atoms with van der Waals surface area (Å²) in [4.78, 5) is 4.39. The average Bonchev–Trinajstić information content (AvgIpc) is 3.17. The third-order valence-electron chi connectivity index (χ3n) is 4.76. The second-order valence-corrected chi connectivity index (χ2v) is 6.73. The van der Waals surface area contributed by atoms with Gasteiger partial charge in [0.1, 0.15) is 6.10 Å². The molecule has 7 nitrogen and oxygen atoms in total. The van der Waals surface area contributed by atoms with Gasteiger partial charge >= 0.3 is 0 Å². The van der Waals surface area contributed by atoms with Crippen LogP contribution in [-0.4, -0.2) is 44.2 Å². The zero-order valence-electron chi connectivity index (χ0n) is 14.3. The van der Waals surface area contributed by atoms with Gasteiger partial charge in [-0.15, -0.1) is 0 Å². The van der Waals surface area contributed by atoms with Crippen LogP contribution in [0.3, 0.4) is 0 Å². The third-order valence-corrected chi connectivity index (χ3v) is 4.76. The number of nitrogens with one attached hydrogen (secondary N) is 1. The number of rotatable bonds is 3. The first-order chi connectivity index (χ1) is 12.2. The summed E-state index contributed by atoms with van der Waals surface area (Å²) in [6.07, 6.45) is 5.16. The molecule has 3 aliphatic rings. The van der Waals surface area contributed by atoms with E-state index in [9.17, 15) is 0 Å². The molecule has 1 spiro atoms. The zero-order valence-corrected chi connectivity index (χ0v) is 14.3. The van der Waals surface area contributed by atoms with Crippen LogP contribution in [-0.2, 0) is 9.47 Å². The van der Waals surface area contributed by atoms with Gasteiger partial charge < -0.3 is 30.0 Å². The van der Waals surface area contributed by atoms with Gasteiger partial charge in [0.05, 0.1) is 26.4 Å². The molecule has 2 fully saturated rings. The minimum absolute atomic E-state index is 0.0257. The van der Waals surface area contributed by atoms with E-state index in [1.807, 2.05) is 18.2 Å². The quantitative estimate of drug-likeness (QED) is 0.644. The van der Waals surface area contributed by atoms with Crippen LogP contribution in [0.15, 0.2) is 23.2 Å². The number of hydrogen-bond donors (Lipinski definition) is 2. The Labute approximate surface area is 147 Å². The van der Waals surface area contributed by atoms with Crippen molar-refractivity contribution in [2.75, 3.05) is 31.7 Å². The van der Waals surface area contributed by atoms with Crippen molar-refractivity contribution in [3.05, 3.63) is 18.2 Å². The fourth-order valence-corrected chi connectivity index (χ4v) is 3.51. The van der Waals surface area contributed by atoms with E-state index in [-0.39, 0.29) is 11.9 Å². The van der Waals surface area contributed by atoms with E-state index < -0.39 is 0 Å². The molecule has 2 aliphatic heterocycles. The second-order valence-electron chi connectivity index (χ2n) is 6.73. The highest BCUT2D eigenvalue weighted by atomic mass is 16.7. The van der Waals surface area contributed by atoms with Gasteiger partial charge in [0.15, 0.2) is 23.2 Å². The lowest BCUT2D eigenvalue weighted by Crippen LogP contribution is -2.28. The highest BCUT2D eigenvalue weighted by Crippen LogP contribution is 2.39. The smallest absolute Gasteiger partial charge is 0.193 e. The topological polar surface area (TPSA) is 87.3 Å². The summed E-state index contributed by atoms with van der Waals surface area (Å²) in [6, 6.07) is 5.67. The van der Waals surface area contributed by atoms with Crippen molar-refractivity contribution in [2.45, 2.75) is 44.0 Å². The van der Waals surface area contributed by atoms with Crippen LogP contribution in [0.2, 0.25) is 0 Å². The largest absolute Gasteiger partial charge is 0.490 e. The first-order valence-corrected chi connectivity index (χ1v) is 9.01. The van der Waals surface area contributed by atoms with Gasteiger partial charge in [0.2, 0.25) is 0 Å². The Bertz CT molecular complexity index is 643. The van der Waals surface area contributed by atoms with Crippen molar-refractivity contribution in [2.24, 2.45) is 10.7 Å². The summed E-state index contributed by atoms with van der Waals surface area (Å²) in [5.41, 5.74) is 6.83. The molecule has 1 saturated heterocycles. The molecule has 1 saturated carbocycles. The molecule has 0 aromatic heterocycles. The summed E-state index contributed by atoms with van der Waals surface area (Å²) in [5.74, 6) is 1.49. The predicted octanol–water partition coefficient (Wildman–Crippen LogP) is 2.26. The van der Waals surface area contributed by atoms with E-state index in [0.29, 0.717) is 32.3 Å². The van der Waals surface area contributed by atoms with E-state index in [1.54, 1.807) is 0 Å². The monoisotopic (exact) mass is 347 g/mol. The van der Waals surface area contributed by atoms with Gasteiger partial charge in [0, 0.05) is 31.0 Å². The summed E-state index contributed by atoms with van der Waals surface area (Å²) in [6.45, 7) is 2.40. The molecular weight excluding hydrogens is 322 g/mol. The molecule has 0 bridgehead atoms. The predicted molar refractivity (Wildman–Crippen MR) is 94.2 cm³/mol. The van der Waals surface area contributed by atoms with Crippen LogP contribution in [0, 0.1) is 0 Å². The maximum absolute atomic E-state index is 6.05. The Morgan fingerprint density at radius 2 is 1.96 bits per heavy atom. The minimum Gasteiger partial charge on any atom is -0.490 e. The fraction of sp³-hybridized carbons (Fsp3) is 0.611. The van der Waals surface area contributed by atoms with E-state index >= 15 is 0 Å². The number of nitrogens with zero attached hydrogens (tertiary/aromatic N) is 1. The molecule has 1 aliphatic carbocycles. The van der Waals surface area contributed by atoms with E-state index in [4.69, 9.17) is 24.7 Å². The molecule has 1 unspecified atom stereocenters. The highest BCUT2D eigenvalue weighted by Gasteiger charge is 2.43. The first-order valence-electron chi connectivity index (χ1n) is 9.01. The van der Waals surface area contributed by atoms with Crippen molar-refractivity contribution in [3.8, 4) is 11.5 Å². The fourth-order valence-electron chi connectivity index (χ4n) is 3.51. The Kier molecular flexibility index (Phi) is 4.67. The van der Waals surface area contributed by atoms with E-state index in [2.05, 4.69) is 10.3 Å². The molecular formula is C18H25N3O4. The molecule has 136 valence electrons. The number of ether oxygens (including phenoxy) is 4. The second kappa shape index (κ2) is 7.09. The highest BCUT2D eigenvalue weighted by molar-refractivity contribution is 5.92. The Morgan fingerprint density at radius 1 is 1.16 bits per heavy atom. The van der Waals surface area contributed by atoms with Crippen LogP contribution in [0.4, 0.5) is 5.69 Å². The van der Waals surface area contributed by atoms with E-state index in [1.165, 1.54) is 12.8 Å². The minimum atomic E-state index is -0.350. The molecule has 1 atom stereocenters. The normalized spacial score (nSPS) is 25.1. The lowest BCUT2D eigenvalue weighted by atomic mass is 10.2. The van der Waals surface area contributed by atoms with Crippen molar-refractivity contribution in [1.29, 1.82) is 0 Å². The molecule has 1 aromatic rings. The number of benzene rings is 1.